The zero-order valence-corrected chi connectivity index (χ0v) is 14.0. The molecule has 0 saturated carbocycles. The van der Waals surface area contributed by atoms with Gasteiger partial charge < -0.3 is 5.73 Å². The van der Waals surface area contributed by atoms with Crippen LogP contribution in [-0.4, -0.2) is 19.7 Å². The van der Waals surface area contributed by atoms with E-state index in [0.717, 1.165) is 5.56 Å². The Kier molecular flexibility index (Phi) is 5.41. The van der Waals surface area contributed by atoms with E-state index in [4.69, 9.17) is 17.3 Å². The number of halogens is 1. The monoisotopic (exact) mass is 352 g/mol. The molecule has 7 heteroatoms. The molecule has 23 heavy (non-hydrogen) atoms. The highest BCUT2D eigenvalue weighted by atomic mass is 35.5. The summed E-state index contributed by atoms with van der Waals surface area (Å²) in [6.07, 6.45) is 0. The van der Waals surface area contributed by atoms with Crippen LogP contribution in [-0.2, 0) is 14.8 Å². The first kappa shape index (κ1) is 17.5. The van der Waals surface area contributed by atoms with Crippen LogP contribution in [0.2, 0.25) is 0 Å². The maximum atomic E-state index is 12.5. The van der Waals surface area contributed by atoms with Gasteiger partial charge in [-0.1, -0.05) is 48.0 Å². The Morgan fingerprint density at radius 3 is 2.17 bits per heavy atom. The summed E-state index contributed by atoms with van der Waals surface area (Å²) in [5, 5.41) is -1.21. The molecule has 0 aliphatic heterocycles. The highest BCUT2D eigenvalue weighted by Gasteiger charge is 2.30. The topological polar surface area (TPSA) is 89.3 Å². The van der Waals surface area contributed by atoms with E-state index in [0.29, 0.717) is 5.56 Å². The van der Waals surface area contributed by atoms with Gasteiger partial charge in [0.1, 0.15) is 5.38 Å². The summed E-state index contributed by atoms with van der Waals surface area (Å²) in [5.41, 5.74) is 6.74. The minimum Gasteiger partial charge on any atom is -0.368 e. The van der Waals surface area contributed by atoms with Gasteiger partial charge in [-0.3, -0.25) is 4.79 Å². The summed E-state index contributed by atoms with van der Waals surface area (Å²) < 4.78 is 27.5. The molecule has 5 nitrogen and oxygen atoms in total. The number of primary amides is 1. The fraction of sp³-hybridized carbons (Fsp3) is 0.188. The van der Waals surface area contributed by atoms with E-state index in [1.165, 1.54) is 12.1 Å². The van der Waals surface area contributed by atoms with Crippen molar-refractivity contribution >= 4 is 27.5 Å². The van der Waals surface area contributed by atoms with Crippen molar-refractivity contribution in [1.29, 1.82) is 0 Å². The molecule has 0 bridgehead atoms. The van der Waals surface area contributed by atoms with Gasteiger partial charge in [-0.15, -0.1) is 11.6 Å². The lowest BCUT2D eigenvalue weighted by atomic mass is 10.0. The molecule has 0 saturated heterocycles. The molecule has 122 valence electrons. The van der Waals surface area contributed by atoms with Crippen molar-refractivity contribution in [2.45, 2.75) is 23.2 Å². The second kappa shape index (κ2) is 7.12. The molecule has 1 amide bonds. The molecule has 0 unspecified atom stereocenters. The molecule has 2 aromatic carbocycles. The predicted molar refractivity (Wildman–Crippen MR) is 89.5 cm³/mol. The summed E-state index contributed by atoms with van der Waals surface area (Å²) in [6.45, 7) is 1.86. The zero-order valence-electron chi connectivity index (χ0n) is 12.4. The van der Waals surface area contributed by atoms with Crippen LogP contribution < -0.4 is 10.5 Å². The Morgan fingerprint density at radius 2 is 1.65 bits per heavy atom. The maximum absolute atomic E-state index is 12.5. The van der Waals surface area contributed by atoms with E-state index in [1.807, 2.05) is 6.92 Å². The molecule has 2 aromatic rings. The minimum atomic E-state index is -3.85. The first-order valence-electron chi connectivity index (χ1n) is 6.88. The first-order valence-corrected chi connectivity index (χ1v) is 8.80. The van der Waals surface area contributed by atoms with Crippen molar-refractivity contribution in [1.82, 2.24) is 4.72 Å². The average Bonchev–Trinajstić information content (AvgIpc) is 2.53. The number of aryl methyl sites for hydroxylation is 1. The Balaban J connectivity index is 2.37. The van der Waals surface area contributed by atoms with Gasteiger partial charge in [-0.05, 0) is 24.6 Å². The van der Waals surface area contributed by atoms with Crippen molar-refractivity contribution in [2.24, 2.45) is 5.73 Å². The number of rotatable bonds is 6. The van der Waals surface area contributed by atoms with Crippen LogP contribution in [0.1, 0.15) is 17.2 Å². The predicted octanol–water partition coefficient (Wildman–Crippen LogP) is 2.11. The Bertz CT molecular complexity index is 777. The largest absolute Gasteiger partial charge is 0.368 e. The van der Waals surface area contributed by atoms with Crippen molar-refractivity contribution in [2.75, 3.05) is 0 Å². The second-order valence-electron chi connectivity index (χ2n) is 5.13. The van der Waals surface area contributed by atoms with Crippen molar-refractivity contribution < 1.29 is 13.2 Å². The fourth-order valence-electron chi connectivity index (χ4n) is 2.07. The molecule has 0 aliphatic rings. The third-order valence-electron chi connectivity index (χ3n) is 3.34. The number of sulfonamides is 1. The lowest BCUT2D eigenvalue weighted by molar-refractivity contribution is -0.118. The van der Waals surface area contributed by atoms with Crippen molar-refractivity contribution in [3.63, 3.8) is 0 Å². The molecule has 0 spiro atoms. The molecule has 0 aromatic heterocycles. The standard InChI is InChI=1S/C16H17ClN2O3S/c1-11-7-9-13(10-8-11)23(21,22)19-15(14(17)16(18)20)12-5-3-2-4-6-12/h2-10,14-15,19H,1H3,(H2,18,20)/t14-,15-/m1/s1. The van der Waals surface area contributed by atoms with Crippen LogP contribution >= 0.6 is 11.6 Å². The number of carbonyl (C=O) groups excluding carboxylic acids is 1. The molecule has 0 aliphatic carbocycles. The third kappa shape index (κ3) is 4.31. The summed E-state index contributed by atoms with van der Waals surface area (Å²) in [7, 11) is -3.85. The van der Waals surface area contributed by atoms with Gasteiger partial charge in [0.25, 0.3) is 0 Å². The molecule has 2 atom stereocenters. The molecule has 2 rings (SSSR count). The molecule has 0 fully saturated rings. The first-order chi connectivity index (χ1) is 10.8. The number of benzene rings is 2. The summed E-state index contributed by atoms with van der Waals surface area (Å²) in [5.74, 6) is -0.799. The number of hydrogen-bond donors (Lipinski definition) is 2. The van der Waals surface area contributed by atoms with E-state index in [2.05, 4.69) is 4.72 Å². The van der Waals surface area contributed by atoms with E-state index in [-0.39, 0.29) is 4.90 Å². The Morgan fingerprint density at radius 1 is 1.09 bits per heavy atom. The van der Waals surface area contributed by atoms with Crippen LogP contribution in [0, 0.1) is 6.92 Å². The number of amides is 1. The van der Waals surface area contributed by atoms with Crippen LogP contribution in [0.4, 0.5) is 0 Å². The highest BCUT2D eigenvalue weighted by molar-refractivity contribution is 7.89. The minimum absolute atomic E-state index is 0.0948. The van der Waals surface area contributed by atoms with Crippen molar-refractivity contribution in [3.8, 4) is 0 Å². The van der Waals surface area contributed by atoms with Gasteiger partial charge >= 0.3 is 0 Å². The highest BCUT2D eigenvalue weighted by Crippen LogP contribution is 2.24. The molecule has 0 heterocycles. The fourth-order valence-corrected chi connectivity index (χ4v) is 3.59. The number of carbonyl (C=O) groups is 1. The molecule has 3 N–H and O–H groups in total. The van der Waals surface area contributed by atoms with Gasteiger partial charge in [0, 0.05) is 0 Å². The van der Waals surface area contributed by atoms with E-state index < -0.39 is 27.3 Å². The number of hydrogen-bond acceptors (Lipinski definition) is 3. The van der Waals surface area contributed by atoms with E-state index in [9.17, 15) is 13.2 Å². The number of nitrogens with two attached hydrogens (primary N) is 1. The van der Waals surface area contributed by atoms with Crippen molar-refractivity contribution in [3.05, 3.63) is 65.7 Å². The SMILES string of the molecule is Cc1ccc(S(=O)(=O)N[C@H](c2ccccc2)[C@@H](Cl)C(N)=O)cc1. The maximum Gasteiger partial charge on any atom is 0.241 e. The van der Waals surface area contributed by atoms with Crippen LogP contribution in [0.25, 0.3) is 0 Å². The molecule has 0 radical (unpaired) electrons. The quantitative estimate of drug-likeness (QED) is 0.780. The zero-order chi connectivity index (χ0) is 17.0. The van der Waals surface area contributed by atoms with Crippen LogP contribution in [0.15, 0.2) is 59.5 Å². The third-order valence-corrected chi connectivity index (χ3v) is 5.26. The average molecular weight is 353 g/mol. The molecular weight excluding hydrogens is 336 g/mol. The Hall–Kier alpha value is -1.89. The van der Waals surface area contributed by atoms with E-state index in [1.54, 1.807) is 42.5 Å². The molecular formula is C16H17ClN2O3S. The van der Waals surface area contributed by atoms with Gasteiger partial charge in [0.05, 0.1) is 10.9 Å². The lowest BCUT2D eigenvalue weighted by Crippen LogP contribution is -2.40. The smallest absolute Gasteiger partial charge is 0.241 e. The summed E-state index contributed by atoms with van der Waals surface area (Å²) in [4.78, 5) is 11.5. The van der Waals surface area contributed by atoms with E-state index >= 15 is 0 Å². The summed E-state index contributed by atoms with van der Waals surface area (Å²) in [6, 6.07) is 14.0. The normalized spacial score (nSPS) is 14.2. The lowest BCUT2D eigenvalue weighted by Gasteiger charge is -2.22. The van der Waals surface area contributed by atoms with Gasteiger partial charge in [-0.25, -0.2) is 13.1 Å². The van der Waals surface area contributed by atoms with Gasteiger partial charge in [0.15, 0.2) is 0 Å². The van der Waals surface area contributed by atoms with Crippen LogP contribution in [0.5, 0.6) is 0 Å². The van der Waals surface area contributed by atoms with Gasteiger partial charge in [0.2, 0.25) is 15.9 Å². The number of alkyl halides is 1. The van der Waals surface area contributed by atoms with Gasteiger partial charge in [-0.2, -0.15) is 0 Å². The summed E-state index contributed by atoms with van der Waals surface area (Å²) >= 11 is 6.03. The Labute approximate surface area is 140 Å². The number of nitrogens with one attached hydrogen (secondary N) is 1. The second-order valence-corrected chi connectivity index (χ2v) is 7.31. The van der Waals surface area contributed by atoms with Crippen LogP contribution in [0.3, 0.4) is 0 Å².